The van der Waals surface area contributed by atoms with Gasteiger partial charge in [0.25, 0.3) is 0 Å². The summed E-state index contributed by atoms with van der Waals surface area (Å²) >= 11 is 0. The number of amides is 1. The van der Waals surface area contributed by atoms with E-state index in [9.17, 15) is 4.79 Å². The molecule has 0 aromatic rings. The van der Waals surface area contributed by atoms with Gasteiger partial charge in [0.15, 0.2) is 0 Å². The highest BCUT2D eigenvalue weighted by atomic mass is 16.5. The summed E-state index contributed by atoms with van der Waals surface area (Å²) in [7, 11) is 1.60. The van der Waals surface area contributed by atoms with Crippen LogP contribution in [-0.4, -0.2) is 45.4 Å². The van der Waals surface area contributed by atoms with Gasteiger partial charge in [0.05, 0.1) is 25.2 Å². The molecule has 88 valence electrons. The first kappa shape index (κ1) is 12.4. The fourth-order valence-corrected chi connectivity index (χ4v) is 1.64. The molecule has 3 N–H and O–H groups in total. The largest absolute Gasteiger partial charge is 0.383 e. The normalized spacial score (nSPS) is 23.5. The second kappa shape index (κ2) is 6.76. The molecule has 0 saturated carbocycles. The van der Waals surface area contributed by atoms with Crippen molar-refractivity contribution < 1.29 is 14.3 Å². The molecule has 1 rings (SSSR count). The fourth-order valence-electron chi connectivity index (χ4n) is 1.64. The van der Waals surface area contributed by atoms with Crippen LogP contribution >= 0.6 is 0 Å². The molecule has 5 heteroatoms. The summed E-state index contributed by atoms with van der Waals surface area (Å²) < 4.78 is 10.2. The second-order valence-electron chi connectivity index (χ2n) is 3.81. The van der Waals surface area contributed by atoms with E-state index in [2.05, 4.69) is 5.32 Å². The maximum absolute atomic E-state index is 11.7. The van der Waals surface area contributed by atoms with Crippen LogP contribution in [0.1, 0.15) is 12.8 Å². The van der Waals surface area contributed by atoms with E-state index >= 15 is 0 Å². The molecule has 2 atom stereocenters. The van der Waals surface area contributed by atoms with Gasteiger partial charge in [-0.05, 0) is 12.8 Å². The summed E-state index contributed by atoms with van der Waals surface area (Å²) in [6.45, 7) is 2.14. The molecular formula is C10H20N2O3. The SMILES string of the molecule is COCC(CN)NC(=O)C1CCCOC1. The molecular weight excluding hydrogens is 196 g/mol. The van der Waals surface area contributed by atoms with E-state index in [4.69, 9.17) is 15.2 Å². The van der Waals surface area contributed by atoms with Crippen LogP contribution in [0.5, 0.6) is 0 Å². The van der Waals surface area contributed by atoms with E-state index in [1.165, 1.54) is 0 Å². The molecule has 1 heterocycles. The van der Waals surface area contributed by atoms with Crippen LogP contribution in [0.25, 0.3) is 0 Å². The van der Waals surface area contributed by atoms with Crippen molar-refractivity contribution in [3.8, 4) is 0 Å². The van der Waals surface area contributed by atoms with Crippen molar-refractivity contribution in [2.45, 2.75) is 18.9 Å². The van der Waals surface area contributed by atoms with E-state index in [0.29, 0.717) is 19.8 Å². The molecule has 1 amide bonds. The lowest BCUT2D eigenvalue weighted by molar-refractivity contribution is -0.130. The van der Waals surface area contributed by atoms with Crippen LogP contribution in [0, 0.1) is 5.92 Å². The zero-order valence-corrected chi connectivity index (χ0v) is 9.20. The van der Waals surface area contributed by atoms with Gasteiger partial charge in [-0.25, -0.2) is 0 Å². The van der Waals surface area contributed by atoms with Crippen LogP contribution < -0.4 is 11.1 Å². The third-order valence-corrected chi connectivity index (χ3v) is 2.53. The van der Waals surface area contributed by atoms with Gasteiger partial charge < -0.3 is 20.5 Å². The summed E-state index contributed by atoms with van der Waals surface area (Å²) in [5, 5.41) is 2.87. The van der Waals surface area contributed by atoms with Crippen LogP contribution in [0.15, 0.2) is 0 Å². The molecule has 0 bridgehead atoms. The van der Waals surface area contributed by atoms with Crippen molar-refractivity contribution >= 4 is 5.91 Å². The number of rotatable bonds is 5. The number of carbonyl (C=O) groups is 1. The Hall–Kier alpha value is -0.650. The minimum atomic E-state index is -0.0931. The Labute approximate surface area is 90.3 Å². The van der Waals surface area contributed by atoms with E-state index in [1.807, 2.05) is 0 Å². The number of nitrogens with one attached hydrogen (secondary N) is 1. The number of hydrogen-bond donors (Lipinski definition) is 2. The summed E-state index contributed by atoms with van der Waals surface area (Å²) in [5.41, 5.74) is 5.51. The molecule has 0 aromatic heterocycles. The van der Waals surface area contributed by atoms with E-state index < -0.39 is 0 Å². The van der Waals surface area contributed by atoms with Gasteiger partial charge in [-0.2, -0.15) is 0 Å². The number of methoxy groups -OCH3 is 1. The molecule has 1 fully saturated rings. The van der Waals surface area contributed by atoms with Crippen molar-refractivity contribution in [1.29, 1.82) is 0 Å². The van der Waals surface area contributed by atoms with E-state index in [-0.39, 0.29) is 17.9 Å². The van der Waals surface area contributed by atoms with Gasteiger partial charge in [0.2, 0.25) is 5.91 Å². The van der Waals surface area contributed by atoms with Crippen molar-refractivity contribution in [2.24, 2.45) is 11.7 Å². The van der Waals surface area contributed by atoms with Crippen LogP contribution in [0.4, 0.5) is 0 Å². The Morgan fingerprint density at radius 2 is 2.53 bits per heavy atom. The molecule has 15 heavy (non-hydrogen) atoms. The molecule has 0 aromatic carbocycles. The summed E-state index contributed by atoms with van der Waals surface area (Å²) in [5.74, 6) is 0.00635. The molecule has 0 spiro atoms. The molecule has 5 nitrogen and oxygen atoms in total. The third kappa shape index (κ3) is 4.15. The number of ether oxygens (including phenoxy) is 2. The van der Waals surface area contributed by atoms with Gasteiger partial charge >= 0.3 is 0 Å². The van der Waals surface area contributed by atoms with Crippen molar-refractivity contribution in [3.05, 3.63) is 0 Å². The average Bonchev–Trinajstić information content (AvgIpc) is 2.29. The maximum atomic E-state index is 11.7. The first-order chi connectivity index (χ1) is 7.27. The average molecular weight is 216 g/mol. The highest BCUT2D eigenvalue weighted by molar-refractivity contribution is 5.79. The lowest BCUT2D eigenvalue weighted by Crippen LogP contribution is -2.47. The number of nitrogens with two attached hydrogens (primary N) is 1. The predicted octanol–water partition coefficient (Wildman–Crippen LogP) is -0.497. The van der Waals surface area contributed by atoms with Gasteiger partial charge in [-0.3, -0.25) is 4.79 Å². The van der Waals surface area contributed by atoms with Gasteiger partial charge in [0, 0.05) is 20.3 Å². The third-order valence-electron chi connectivity index (χ3n) is 2.53. The molecule has 0 aliphatic carbocycles. The standard InChI is InChI=1S/C10H20N2O3/c1-14-7-9(5-11)12-10(13)8-3-2-4-15-6-8/h8-9H,2-7,11H2,1H3,(H,12,13). The Bertz CT molecular complexity index is 193. The molecule has 1 aliphatic heterocycles. The topological polar surface area (TPSA) is 73.6 Å². The zero-order chi connectivity index (χ0) is 11.1. The summed E-state index contributed by atoms with van der Waals surface area (Å²) in [6.07, 6.45) is 1.85. The summed E-state index contributed by atoms with van der Waals surface area (Å²) in [4.78, 5) is 11.7. The quantitative estimate of drug-likeness (QED) is 0.650. The van der Waals surface area contributed by atoms with Crippen molar-refractivity contribution in [2.75, 3.05) is 33.5 Å². The minimum absolute atomic E-state index is 0.0235. The highest BCUT2D eigenvalue weighted by Gasteiger charge is 2.23. The molecule has 1 aliphatic rings. The Balaban J connectivity index is 2.31. The minimum Gasteiger partial charge on any atom is -0.383 e. The lowest BCUT2D eigenvalue weighted by Gasteiger charge is -2.24. The molecule has 0 radical (unpaired) electrons. The van der Waals surface area contributed by atoms with E-state index in [0.717, 1.165) is 19.4 Å². The van der Waals surface area contributed by atoms with Crippen LogP contribution in [0.2, 0.25) is 0 Å². The predicted molar refractivity (Wildman–Crippen MR) is 56.4 cm³/mol. The second-order valence-corrected chi connectivity index (χ2v) is 3.81. The zero-order valence-electron chi connectivity index (χ0n) is 9.20. The van der Waals surface area contributed by atoms with Crippen molar-refractivity contribution in [1.82, 2.24) is 5.32 Å². The monoisotopic (exact) mass is 216 g/mol. The van der Waals surface area contributed by atoms with Crippen LogP contribution in [-0.2, 0) is 14.3 Å². The molecule has 2 unspecified atom stereocenters. The van der Waals surface area contributed by atoms with Gasteiger partial charge in [0.1, 0.15) is 0 Å². The first-order valence-electron chi connectivity index (χ1n) is 5.35. The van der Waals surface area contributed by atoms with E-state index in [1.54, 1.807) is 7.11 Å². The fraction of sp³-hybridized carbons (Fsp3) is 0.900. The highest BCUT2D eigenvalue weighted by Crippen LogP contribution is 2.13. The first-order valence-corrected chi connectivity index (χ1v) is 5.35. The number of carbonyl (C=O) groups excluding carboxylic acids is 1. The van der Waals surface area contributed by atoms with Crippen molar-refractivity contribution in [3.63, 3.8) is 0 Å². The van der Waals surface area contributed by atoms with Gasteiger partial charge in [-0.1, -0.05) is 0 Å². The number of hydrogen-bond acceptors (Lipinski definition) is 4. The smallest absolute Gasteiger partial charge is 0.225 e. The Morgan fingerprint density at radius 3 is 3.07 bits per heavy atom. The molecule has 1 saturated heterocycles. The summed E-state index contributed by atoms with van der Waals surface area (Å²) in [6, 6.07) is -0.0931. The van der Waals surface area contributed by atoms with Gasteiger partial charge in [-0.15, -0.1) is 0 Å². The maximum Gasteiger partial charge on any atom is 0.225 e. The Morgan fingerprint density at radius 1 is 1.73 bits per heavy atom. The lowest BCUT2D eigenvalue weighted by atomic mass is 10.0. The van der Waals surface area contributed by atoms with Crippen LogP contribution in [0.3, 0.4) is 0 Å². The Kier molecular flexibility index (Phi) is 5.60.